The first-order valence-electron chi connectivity index (χ1n) is 9.05. The van der Waals surface area contributed by atoms with Crippen molar-refractivity contribution in [2.75, 3.05) is 18.5 Å². The molecule has 0 bridgehead atoms. The van der Waals surface area contributed by atoms with Crippen LogP contribution in [0.15, 0.2) is 12.3 Å². The van der Waals surface area contributed by atoms with E-state index in [4.69, 9.17) is 9.47 Å². The lowest BCUT2D eigenvalue weighted by Crippen LogP contribution is -2.48. The highest BCUT2D eigenvalue weighted by Gasteiger charge is 2.42. The monoisotopic (exact) mass is 334 g/mol. The molecule has 0 radical (unpaired) electrons. The van der Waals surface area contributed by atoms with Crippen LogP contribution in [-0.2, 0) is 9.53 Å². The van der Waals surface area contributed by atoms with Crippen molar-refractivity contribution in [1.82, 2.24) is 4.98 Å². The van der Waals surface area contributed by atoms with E-state index in [1.54, 1.807) is 6.20 Å². The smallest absolute Gasteiger partial charge is 0.256 e. The van der Waals surface area contributed by atoms with Gasteiger partial charge < -0.3 is 14.8 Å². The number of ether oxygens (including phenoxy) is 2. The lowest BCUT2D eigenvalue weighted by molar-refractivity contribution is -0.148. The van der Waals surface area contributed by atoms with Gasteiger partial charge in [-0.1, -0.05) is 20.3 Å². The third-order valence-corrected chi connectivity index (χ3v) is 4.52. The van der Waals surface area contributed by atoms with Gasteiger partial charge in [0.1, 0.15) is 5.60 Å². The molecule has 1 saturated carbocycles. The van der Waals surface area contributed by atoms with Gasteiger partial charge in [0.15, 0.2) is 0 Å². The molecule has 0 aromatic carbocycles. The third-order valence-electron chi connectivity index (χ3n) is 4.52. The summed E-state index contributed by atoms with van der Waals surface area (Å²) < 4.78 is 11.5. The standard InChI is InChI=1S/C19H30N2O3/c1-5-10-24-19(9-7-8-14(3)12-19)18(22)21-16-11-15(4)17(20-13-16)23-6-2/h11,13-14H,5-10,12H2,1-4H3,(H,21,22). The molecule has 1 heterocycles. The average molecular weight is 334 g/mol. The van der Waals surface area contributed by atoms with Gasteiger partial charge in [0.2, 0.25) is 5.88 Å². The van der Waals surface area contributed by atoms with Crippen LogP contribution in [0.4, 0.5) is 5.69 Å². The number of aromatic nitrogens is 1. The number of amides is 1. The lowest BCUT2D eigenvalue weighted by Gasteiger charge is -2.38. The van der Waals surface area contributed by atoms with E-state index >= 15 is 0 Å². The molecule has 1 fully saturated rings. The van der Waals surface area contributed by atoms with E-state index in [0.29, 0.717) is 30.7 Å². The van der Waals surface area contributed by atoms with E-state index in [1.165, 1.54) is 0 Å². The molecule has 1 amide bonds. The van der Waals surface area contributed by atoms with Crippen molar-refractivity contribution in [3.8, 4) is 5.88 Å². The Kier molecular flexibility index (Phi) is 6.60. The number of anilines is 1. The molecule has 1 N–H and O–H groups in total. The van der Waals surface area contributed by atoms with Gasteiger partial charge in [-0.3, -0.25) is 4.79 Å². The van der Waals surface area contributed by atoms with Crippen LogP contribution in [0.25, 0.3) is 0 Å². The van der Waals surface area contributed by atoms with E-state index in [-0.39, 0.29) is 5.91 Å². The van der Waals surface area contributed by atoms with Gasteiger partial charge in [-0.2, -0.15) is 0 Å². The molecule has 2 unspecified atom stereocenters. The molecule has 0 spiro atoms. The Morgan fingerprint density at radius 3 is 2.88 bits per heavy atom. The van der Waals surface area contributed by atoms with E-state index in [0.717, 1.165) is 37.7 Å². The Balaban J connectivity index is 2.13. The van der Waals surface area contributed by atoms with Crippen molar-refractivity contribution in [3.05, 3.63) is 17.8 Å². The zero-order chi connectivity index (χ0) is 17.6. The van der Waals surface area contributed by atoms with Crippen molar-refractivity contribution in [2.24, 2.45) is 5.92 Å². The highest BCUT2D eigenvalue weighted by molar-refractivity contribution is 5.97. The van der Waals surface area contributed by atoms with Crippen LogP contribution in [0, 0.1) is 12.8 Å². The Morgan fingerprint density at radius 1 is 1.46 bits per heavy atom. The fourth-order valence-electron chi connectivity index (χ4n) is 3.37. The minimum absolute atomic E-state index is 0.0483. The summed E-state index contributed by atoms with van der Waals surface area (Å²) in [6, 6.07) is 1.90. The number of aryl methyl sites for hydroxylation is 1. The maximum absolute atomic E-state index is 13.0. The fourth-order valence-corrected chi connectivity index (χ4v) is 3.37. The molecule has 0 saturated heterocycles. The first-order valence-corrected chi connectivity index (χ1v) is 9.05. The van der Waals surface area contributed by atoms with Gasteiger partial charge in [0.25, 0.3) is 5.91 Å². The molecule has 1 aromatic rings. The average Bonchev–Trinajstić information content (AvgIpc) is 2.55. The second-order valence-electron chi connectivity index (χ2n) is 6.78. The Morgan fingerprint density at radius 2 is 2.25 bits per heavy atom. The van der Waals surface area contributed by atoms with Crippen LogP contribution < -0.4 is 10.1 Å². The van der Waals surface area contributed by atoms with Crippen molar-refractivity contribution in [3.63, 3.8) is 0 Å². The zero-order valence-electron chi connectivity index (χ0n) is 15.4. The summed E-state index contributed by atoms with van der Waals surface area (Å²) in [5.74, 6) is 1.06. The second kappa shape index (κ2) is 8.47. The maximum Gasteiger partial charge on any atom is 0.256 e. The minimum Gasteiger partial charge on any atom is -0.478 e. The van der Waals surface area contributed by atoms with Gasteiger partial charge >= 0.3 is 0 Å². The molecule has 2 atom stereocenters. The number of hydrogen-bond acceptors (Lipinski definition) is 4. The molecule has 1 aliphatic rings. The fraction of sp³-hybridized carbons (Fsp3) is 0.684. The number of hydrogen-bond donors (Lipinski definition) is 1. The van der Waals surface area contributed by atoms with Gasteiger partial charge in [0, 0.05) is 12.2 Å². The molecule has 0 aliphatic heterocycles. The van der Waals surface area contributed by atoms with Crippen LogP contribution >= 0.6 is 0 Å². The highest BCUT2D eigenvalue weighted by Crippen LogP contribution is 2.36. The summed E-state index contributed by atoms with van der Waals surface area (Å²) in [5, 5.41) is 3.01. The van der Waals surface area contributed by atoms with Crippen molar-refractivity contribution in [2.45, 2.75) is 65.4 Å². The summed E-state index contributed by atoms with van der Waals surface area (Å²) in [5.41, 5.74) is 0.897. The molecular weight excluding hydrogens is 304 g/mol. The number of carbonyl (C=O) groups is 1. The van der Waals surface area contributed by atoms with E-state index in [2.05, 4.69) is 24.1 Å². The van der Waals surface area contributed by atoms with Crippen molar-refractivity contribution < 1.29 is 14.3 Å². The topological polar surface area (TPSA) is 60.5 Å². The highest BCUT2D eigenvalue weighted by atomic mass is 16.5. The zero-order valence-corrected chi connectivity index (χ0v) is 15.4. The first-order chi connectivity index (χ1) is 11.5. The van der Waals surface area contributed by atoms with Crippen LogP contribution in [-0.4, -0.2) is 29.7 Å². The summed E-state index contributed by atoms with van der Waals surface area (Å²) in [4.78, 5) is 17.3. The van der Waals surface area contributed by atoms with Crippen LogP contribution in [0.1, 0.15) is 58.4 Å². The molecule has 5 nitrogen and oxygen atoms in total. The van der Waals surface area contributed by atoms with Crippen LogP contribution in [0.5, 0.6) is 5.88 Å². The summed E-state index contributed by atoms with van der Waals surface area (Å²) in [6.07, 6.45) is 6.31. The molecule has 1 aromatic heterocycles. The Bertz CT molecular complexity index is 562. The molecule has 5 heteroatoms. The number of nitrogens with zero attached hydrogens (tertiary/aromatic N) is 1. The number of rotatable bonds is 7. The quantitative estimate of drug-likeness (QED) is 0.815. The van der Waals surface area contributed by atoms with Gasteiger partial charge in [0.05, 0.1) is 18.5 Å². The summed E-state index contributed by atoms with van der Waals surface area (Å²) in [7, 11) is 0. The minimum atomic E-state index is -0.708. The SMILES string of the molecule is CCCOC1(C(=O)Nc2cnc(OCC)c(C)c2)CCCC(C)C1. The van der Waals surface area contributed by atoms with Gasteiger partial charge in [-0.05, 0) is 51.5 Å². The van der Waals surface area contributed by atoms with E-state index < -0.39 is 5.60 Å². The van der Waals surface area contributed by atoms with E-state index in [1.807, 2.05) is 19.9 Å². The lowest BCUT2D eigenvalue weighted by atomic mass is 9.78. The molecular formula is C19H30N2O3. The predicted octanol–water partition coefficient (Wildman–Crippen LogP) is 4.10. The molecule has 1 aliphatic carbocycles. The number of nitrogens with one attached hydrogen (secondary N) is 1. The van der Waals surface area contributed by atoms with Crippen LogP contribution in [0.2, 0.25) is 0 Å². The second-order valence-corrected chi connectivity index (χ2v) is 6.78. The summed E-state index contributed by atoms with van der Waals surface area (Å²) in [6.45, 7) is 9.30. The molecule has 134 valence electrons. The Labute approximate surface area is 145 Å². The number of carbonyl (C=O) groups excluding carboxylic acids is 1. The van der Waals surface area contributed by atoms with Crippen LogP contribution in [0.3, 0.4) is 0 Å². The predicted molar refractivity (Wildman–Crippen MR) is 95.4 cm³/mol. The third kappa shape index (κ3) is 4.47. The Hall–Kier alpha value is -1.62. The van der Waals surface area contributed by atoms with E-state index in [9.17, 15) is 4.79 Å². The first kappa shape index (κ1) is 18.7. The van der Waals surface area contributed by atoms with Crippen molar-refractivity contribution in [1.29, 1.82) is 0 Å². The molecule has 24 heavy (non-hydrogen) atoms. The summed E-state index contributed by atoms with van der Waals surface area (Å²) >= 11 is 0. The maximum atomic E-state index is 13.0. The van der Waals surface area contributed by atoms with Gasteiger partial charge in [-0.25, -0.2) is 4.98 Å². The van der Waals surface area contributed by atoms with Gasteiger partial charge in [-0.15, -0.1) is 0 Å². The van der Waals surface area contributed by atoms with Crippen molar-refractivity contribution >= 4 is 11.6 Å². The molecule has 2 rings (SSSR count). The normalized spacial score (nSPS) is 23.8. The number of pyridine rings is 1. The largest absolute Gasteiger partial charge is 0.478 e.